The van der Waals surface area contributed by atoms with Gasteiger partial charge in [-0.3, -0.25) is 0 Å². The highest BCUT2D eigenvalue weighted by molar-refractivity contribution is 5.68. The van der Waals surface area contributed by atoms with Crippen molar-refractivity contribution < 1.29 is 32.2 Å². The fraction of sp³-hybridized carbons (Fsp3) is 0.519. The first kappa shape index (κ1) is 27.6. The minimum Gasteiger partial charge on any atom is -0.496 e. The highest BCUT2D eigenvalue weighted by Gasteiger charge is 2.31. The van der Waals surface area contributed by atoms with Crippen molar-refractivity contribution in [1.82, 2.24) is 10.2 Å². The van der Waals surface area contributed by atoms with Gasteiger partial charge in [-0.2, -0.15) is 0 Å². The van der Waals surface area contributed by atoms with Crippen LogP contribution in [0.2, 0.25) is 0 Å². The van der Waals surface area contributed by atoms with E-state index in [4.69, 9.17) is 9.47 Å². The van der Waals surface area contributed by atoms with E-state index in [1.165, 1.54) is 12.1 Å². The maximum absolute atomic E-state index is 12.4. The quantitative estimate of drug-likeness (QED) is 0.461. The Balaban J connectivity index is 1.58. The lowest BCUT2D eigenvalue weighted by Crippen LogP contribution is -2.44. The van der Waals surface area contributed by atoms with Gasteiger partial charge in [0.1, 0.15) is 17.1 Å². The topological polar surface area (TPSA) is 60.0 Å². The van der Waals surface area contributed by atoms with Crippen molar-refractivity contribution in [2.24, 2.45) is 0 Å². The van der Waals surface area contributed by atoms with Gasteiger partial charge in [0, 0.05) is 31.2 Å². The average Bonchev–Trinajstić information content (AvgIpc) is 2.81. The van der Waals surface area contributed by atoms with Crippen LogP contribution in [0, 0.1) is 0 Å². The molecule has 0 saturated heterocycles. The monoisotopic (exact) mass is 508 g/mol. The first-order valence-electron chi connectivity index (χ1n) is 12.1. The molecule has 9 heteroatoms. The molecule has 1 fully saturated rings. The standard InChI is InChI=1S/C27H35F3N2O4/c1-26(2,3)36-25(33)32(4)22-11-9-21(10-12-22)31-17-20-16-19(8-15-24(20)34-5)18-6-13-23(14-7-18)35-27(28,29)30/h6-8,13-16,21-22,31H,9-12,17H2,1-5H3. The van der Waals surface area contributed by atoms with Gasteiger partial charge in [0.2, 0.25) is 0 Å². The lowest BCUT2D eigenvalue weighted by atomic mass is 9.90. The van der Waals surface area contributed by atoms with Crippen molar-refractivity contribution in [3.8, 4) is 22.6 Å². The number of hydrogen-bond acceptors (Lipinski definition) is 5. The fourth-order valence-corrected chi connectivity index (χ4v) is 4.35. The minimum atomic E-state index is -4.72. The van der Waals surface area contributed by atoms with E-state index in [1.807, 2.05) is 39.0 Å². The predicted molar refractivity (Wildman–Crippen MR) is 132 cm³/mol. The highest BCUT2D eigenvalue weighted by atomic mass is 19.4. The molecule has 1 aliphatic carbocycles. The number of methoxy groups -OCH3 is 1. The number of rotatable bonds is 7. The zero-order chi connectivity index (χ0) is 26.5. The van der Waals surface area contributed by atoms with Crippen LogP contribution in [0.1, 0.15) is 52.0 Å². The van der Waals surface area contributed by atoms with E-state index in [0.29, 0.717) is 12.6 Å². The van der Waals surface area contributed by atoms with E-state index in [1.54, 1.807) is 31.2 Å². The van der Waals surface area contributed by atoms with Crippen molar-refractivity contribution >= 4 is 6.09 Å². The van der Waals surface area contributed by atoms with E-state index in [9.17, 15) is 18.0 Å². The molecule has 3 rings (SSSR count). The summed E-state index contributed by atoms with van der Waals surface area (Å²) in [7, 11) is 3.41. The van der Waals surface area contributed by atoms with Gasteiger partial charge in [-0.15, -0.1) is 13.2 Å². The summed E-state index contributed by atoms with van der Waals surface area (Å²) in [5.74, 6) is 0.483. The molecule has 0 heterocycles. The third kappa shape index (κ3) is 8.05. The van der Waals surface area contributed by atoms with E-state index in [-0.39, 0.29) is 17.9 Å². The summed E-state index contributed by atoms with van der Waals surface area (Å²) >= 11 is 0. The molecule has 0 atom stereocenters. The zero-order valence-corrected chi connectivity index (χ0v) is 21.4. The predicted octanol–water partition coefficient (Wildman–Crippen LogP) is 6.53. The van der Waals surface area contributed by atoms with Gasteiger partial charge in [-0.1, -0.05) is 18.2 Å². The molecular weight excluding hydrogens is 473 g/mol. The minimum absolute atomic E-state index is 0.153. The molecule has 6 nitrogen and oxygen atoms in total. The Bertz CT molecular complexity index is 1010. The second-order valence-corrected chi connectivity index (χ2v) is 10.1. The number of benzene rings is 2. The molecule has 0 aliphatic heterocycles. The molecule has 1 aliphatic rings. The molecule has 0 aromatic heterocycles. The van der Waals surface area contributed by atoms with E-state index in [2.05, 4.69) is 10.1 Å². The van der Waals surface area contributed by atoms with Gasteiger partial charge in [-0.05, 0) is 81.8 Å². The Hall–Kier alpha value is -2.94. The van der Waals surface area contributed by atoms with E-state index in [0.717, 1.165) is 48.1 Å². The Morgan fingerprint density at radius 3 is 2.17 bits per heavy atom. The maximum atomic E-state index is 12.4. The molecule has 0 spiro atoms. The van der Waals surface area contributed by atoms with Crippen LogP contribution in [0.5, 0.6) is 11.5 Å². The van der Waals surface area contributed by atoms with Crippen LogP contribution in [0.25, 0.3) is 11.1 Å². The first-order chi connectivity index (χ1) is 16.8. The lowest BCUT2D eigenvalue weighted by Gasteiger charge is -2.36. The van der Waals surface area contributed by atoms with Gasteiger partial charge < -0.3 is 24.4 Å². The molecule has 0 unspecified atom stereocenters. The molecule has 0 bridgehead atoms. The molecular formula is C27H35F3N2O4. The number of carbonyl (C=O) groups is 1. The third-order valence-corrected chi connectivity index (χ3v) is 6.21. The SMILES string of the molecule is COc1ccc(-c2ccc(OC(F)(F)F)cc2)cc1CNC1CCC(N(C)C(=O)OC(C)(C)C)CC1. The lowest BCUT2D eigenvalue weighted by molar-refractivity contribution is -0.274. The van der Waals surface area contributed by atoms with Crippen LogP contribution in [0.3, 0.4) is 0 Å². The number of ether oxygens (including phenoxy) is 3. The molecule has 2 aromatic rings. The fourth-order valence-electron chi connectivity index (χ4n) is 4.35. The Morgan fingerprint density at radius 1 is 1.00 bits per heavy atom. The van der Waals surface area contributed by atoms with Crippen molar-refractivity contribution in [3.63, 3.8) is 0 Å². The summed E-state index contributed by atoms with van der Waals surface area (Å²) < 4.78 is 52.3. The highest BCUT2D eigenvalue weighted by Crippen LogP contribution is 2.30. The van der Waals surface area contributed by atoms with Gasteiger partial charge in [0.15, 0.2) is 0 Å². The molecule has 1 saturated carbocycles. The van der Waals surface area contributed by atoms with Crippen LogP contribution in [0.15, 0.2) is 42.5 Å². The van der Waals surface area contributed by atoms with E-state index >= 15 is 0 Å². The molecule has 1 amide bonds. The van der Waals surface area contributed by atoms with Crippen LogP contribution in [-0.4, -0.2) is 49.2 Å². The summed E-state index contributed by atoms with van der Waals surface area (Å²) in [5.41, 5.74) is 2.09. The molecule has 0 radical (unpaired) electrons. The Morgan fingerprint density at radius 2 is 1.61 bits per heavy atom. The summed E-state index contributed by atoms with van der Waals surface area (Å²) in [4.78, 5) is 14.1. The second kappa shape index (κ2) is 11.4. The normalized spacial score (nSPS) is 18.4. The number of alkyl halides is 3. The Labute approximate surface area is 210 Å². The molecule has 36 heavy (non-hydrogen) atoms. The van der Waals surface area contributed by atoms with Gasteiger partial charge >= 0.3 is 12.5 Å². The first-order valence-corrected chi connectivity index (χ1v) is 12.1. The molecule has 1 N–H and O–H groups in total. The van der Waals surface area contributed by atoms with Crippen molar-refractivity contribution in [2.75, 3.05) is 14.2 Å². The second-order valence-electron chi connectivity index (χ2n) is 10.1. The maximum Gasteiger partial charge on any atom is 0.573 e. The Kier molecular flexibility index (Phi) is 8.76. The van der Waals surface area contributed by atoms with Crippen molar-refractivity contribution in [3.05, 3.63) is 48.0 Å². The van der Waals surface area contributed by atoms with Gasteiger partial charge in [-0.25, -0.2) is 4.79 Å². The third-order valence-electron chi connectivity index (χ3n) is 6.21. The van der Waals surface area contributed by atoms with Gasteiger partial charge in [0.05, 0.1) is 7.11 Å². The summed E-state index contributed by atoms with van der Waals surface area (Å²) in [6.45, 7) is 6.17. The summed E-state index contributed by atoms with van der Waals surface area (Å²) in [5, 5.41) is 3.59. The smallest absolute Gasteiger partial charge is 0.496 e. The van der Waals surface area contributed by atoms with Crippen LogP contribution < -0.4 is 14.8 Å². The number of carbonyl (C=O) groups excluding carboxylic acids is 1. The van der Waals surface area contributed by atoms with Crippen molar-refractivity contribution in [1.29, 1.82) is 0 Å². The van der Waals surface area contributed by atoms with Crippen LogP contribution >= 0.6 is 0 Å². The number of nitrogens with one attached hydrogen (secondary N) is 1. The number of amides is 1. The number of hydrogen-bond donors (Lipinski definition) is 1. The van der Waals surface area contributed by atoms with Crippen LogP contribution in [0.4, 0.5) is 18.0 Å². The van der Waals surface area contributed by atoms with Gasteiger partial charge in [0.25, 0.3) is 0 Å². The molecule has 2 aromatic carbocycles. The number of halogens is 3. The summed E-state index contributed by atoms with van der Waals surface area (Å²) in [6.07, 6.45) is -1.38. The molecule has 198 valence electrons. The van der Waals surface area contributed by atoms with Crippen molar-refractivity contribution in [2.45, 2.75) is 77.0 Å². The summed E-state index contributed by atoms with van der Waals surface area (Å²) in [6, 6.07) is 12.0. The largest absolute Gasteiger partial charge is 0.573 e. The average molecular weight is 509 g/mol. The number of nitrogens with zero attached hydrogens (tertiary/aromatic N) is 1. The van der Waals surface area contributed by atoms with Crippen LogP contribution in [-0.2, 0) is 11.3 Å². The zero-order valence-electron chi connectivity index (χ0n) is 21.4. The van der Waals surface area contributed by atoms with E-state index < -0.39 is 12.0 Å².